The fraction of sp³-hybridized carbons (Fsp3) is 0.222. The fourth-order valence-electron chi connectivity index (χ4n) is 2.73. The molecule has 0 nitrogen and oxygen atoms in total. The standard InChI is InChI=1S/C18H15/c1-2-3-4-7-14-10-11-18-16(12-14)13-15-8-5-6-9-17(15)18/h5-6,8-12H,3-4,7,13H2. The van der Waals surface area contributed by atoms with E-state index in [0.717, 1.165) is 25.7 Å². The molecule has 0 aromatic heterocycles. The first-order valence-corrected chi connectivity index (χ1v) is 6.48. The molecule has 0 heterocycles. The second-order valence-corrected chi connectivity index (χ2v) is 4.86. The number of rotatable bonds is 3. The molecule has 2 aromatic rings. The van der Waals surface area contributed by atoms with Crippen LogP contribution in [-0.2, 0) is 12.8 Å². The Hall–Kier alpha value is -2.00. The minimum atomic E-state index is 0.761. The average Bonchev–Trinajstić information content (AvgIpc) is 2.76. The van der Waals surface area contributed by atoms with Crippen molar-refractivity contribution < 1.29 is 0 Å². The maximum atomic E-state index is 6.93. The van der Waals surface area contributed by atoms with Crippen LogP contribution in [0.25, 0.3) is 11.1 Å². The second-order valence-electron chi connectivity index (χ2n) is 4.86. The predicted octanol–water partition coefficient (Wildman–Crippen LogP) is 4.17. The van der Waals surface area contributed by atoms with Crippen molar-refractivity contribution in [1.29, 1.82) is 0 Å². The fourth-order valence-corrected chi connectivity index (χ4v) is 2.73. The smallest absolute Gasteiger partial charge is 0.0102 e. The molecule has 0 bridgehead atoms. The highest BCUT2D eigenvalue weighted by Gasteiger charge is 2.17. The summed E-state index contributed by atoms with van der Waals surface area (Å²) in [4.78, 5) is 0. The van der Waals surface area contributed by atoms with Crippen molar-refractivity contribution in [1.82, 2.24) is 0 Å². The summed E-state index contributed by atoms with van der Waals surface area (Å²) < 4.78 is 0. The van der Waals surface area contributed by atoms with Gasteiger partial charge >= 0.3 is 0 Å². The molecular formula is C18H15. The maximum absolute atomic E-state index is 6.93. The lowest BCUT2D eigenvalue weighted by atomic mass is 10.0. The van der Waals surface area contributed by atoms with Crippen molar-refractivity contribution in [3.63, 3.8) is 0 Å². The van der Waals surface area contributed by atoms with E-state index in [1.807, 2.05) is 0 Å². The lowest BCUT2D eigenvalue weighted by Crippen LogP contribution is -1.88. The van der Waals surface area contributed by atoms with Gasteiger partial charge in [0.15, 0.2) is 0 Å². The predicted molar refractivity (Wildman–Crippen MR) is 74.8 cm³/mol. The van der Waals surface area contributed by atoms with Crippen LogP contribution in [0.3, 0.4) is 0 Å². The summed E-state index contributed by atoms with van der Waals surface area (Å²) in [6.07, 6.45) is 10.8. The first kappa shape index (κ1) is 11.1. The van der Waals surface area contributed by atoms with Crippen LogP contribution in [0.5, 0.6) is 0 Å². The lowest BCUT2D eigenvalue weighted by molar-refractivity contribution is 0.856. The number of aryl methyl sites for hydroxylation is 1. The van der Waals surface area contributed by atoms with Crippen LogP contribution in [0.15, 0.2) is 42.5 Å². The van der Waals surface area contributed by atoms with Crippen molar-refractivity contribution in [3.05, 3.63) is 65.6 Å². The molecule has 0 fully saturated rings. The van der Waals surface area contributed by atoms with Crippen molar-refractivity contribution in [2.75, 3.05) is 0 Å². The Labute approximate surface area is 109 Å². The van der Waals surface area contributed by atoms with E-state index in [1.54, 1.807) is 0 Å². The molecule has 1 aliphatic carbocycles. The Morgan fingerprint density at radius 1 is 1.00 bits per heavy atom. The van der Waals surface area contributed by atoms with Crippen LogP contribution in [-0.4, -0.2) is 0 Å². The zero-order chi connectivity index (χ0) is 12.4. The van der Waals surface area contributed by atoms with Crippen molar-refractivity contribution in [2.24, 2.45) is 0 Å². The molecule has 18 heavy (non-hydrogen) atoms. The van der Waals surface area contributed by atoms with Gasteiger partial charge in [0.05, 0.1) is 0 Å². The summed E-state index contributed by atoms with van der Waals surface area (Å²) in [7, 11) is 0. The lowest BCUT2D eigenvalue weighted by Gasteiger charge is -2.04. The van der Waals surface area contributed by atoms with Gasteiger partial charge in [0.1, 0.15) is 0 Å². The summed E-state index contributed by atoms with van der Waals surface area (Å²) in [5.41, 5.74) is 7.07. The van der Waals surface area contributed by atoms with Crippen LogP contribution in [0.2, 0.25) is 0 Å². The number of unbranched alkanes of at least 4 members (excludes halogenated alkanes) is 1. The van der Waals surface area contributed by atoms with Crippen molar-refractivity contribution >= 4 is 0 Å². The van der Waals surface area contributed by atoms with Crippen LogP contribution in [0.1, 0.15) is 29.5 Å². The summed E-state index contributed by atoms with van der Waals surface area (Å²) >= 11 is 0. The molecule has 87 valence electrons. The maximum Gasteiger partial charge on any atom is 0.0102 e. The summed E-state index contributed by atoms with van der Waals surface area (Å²) in [6, 6.07) is 15.5. The van der Waals surface area contributed by atoms with Gasteiger partial charge in [0, 0.05) is 6.42 Å². The molecule has 0 unspecified atom stereocenters. The topological polar surface area (TPSA) is 0 Å². The largest absolute Gasteiger partial charge is 0.0891 e. The minimum Gasteiger partial charge on any atom is -0.0891 e. The third-order valence-electron chi connectivity index (χ3n) is 3.63. The molecule has 0 spiro atoms. The average molecular weight is 231 g/mol. The van der Waals surface area contributed by atoms with E-state index in [9.17, 15) is 0 Å². The molecule has 1 aliphatic rings. The number of benzene rings is 2. The normalized spacial score (nSPS) is 11.7. The van der Waals surface area contributed by atoms with E-state index >= 15 is 0 Å². The quantitative estimate of drug-likeness (QED) is 0.469. The molecule has 0 aliphatic heterocycles. The summed E-state index contributed by atoms with van der Waals surface area (Å²) in [5, 5.41) is 0. The molecule has 2 aromatic carbocycles. The van der Waals surface area contributed by atoms with Crippen LogP contribution >= 0.6 is 0 Å². The van der Waals surface area contributed by atoms with E-state index in [-0.39, 0.29) is 0 Å². The molecule has 0 saturated carbocycles. The first-order chi connectivity index (χ1) is 8.88. The van der Waals surface area contributed by atoms with Gasteiger partial charge in [0.25, 0.3) is 0 Å². The summed E-state index contributed by atoms with van der Waals surface area (Å²) in [6.45, 7) is 0. The van der Waals surface area contributed by atoms with Gasteiger partial charge in [-0.1, -0.05) is 48.4 Å². The molecule has 1 radical (unpaired) electrons. The van der Waals surface area contributed by atoms with E-state index in [4.69, 9.17) is 6.42 Å². The summed E-state index contributed by atoms with van der Waals surface area (Å²) in [5.74, 6) is 2.45. The van der Waals surface area contributed by atoms with E-state index in [2.05, 4.69) is 48.4 Å². The highest BCUT2D eigenvalue weighted by atomic mass is 14.2. The number of hydrogen-bond donors (Lipinski definition) is 0. The van der Waals surface area contributed by atoms with Gasteiger partial charge < -0.3 is 0 Å². The molecule has 0 amide bonds. The van der Waals surface area contributed by atoms with Crippen molar-refractivity contribution in [3.8, 4) is 17.0 Å². The van der Waals surface area contributed by atoms with E-state index in [0.29, 0.717) is 0 Å². The SMILES string of the molecule is [C]#CCCCc1ccc2c(c1)Cc1ccccc1-2. The molecular weight excluding hydrogens is 216 g/mol. The second kappa shape index (κ2) is 4.70. The zero-order valence-corrected chi connectivity index (χ0v) is 10.4. The van der Waals surface area contributed by atoms with Crippen LogP contribution in [0.4, 0.5) is 0 Å². The van der Waals surface area contributed by atoms with Crippen LogP contribution in [0, 0.1) is 12.3 Å². The Bertz CT molecular complexity index is 614. The highest BCUT2D eigenvalue weighted by molar-refractivity contribution is 5.76. The van der Waals surface area contributed by atoms with E-state index < -0.39 is 0 Å². The molecule has 0 saturated heterocycles. The van der Waals surface area contributed by atoms with E-state index in [1.165, 1.54) is 27.8 Å². The zero-order valence-electron chi connectivity index (χ0n) is 10.4. The third-order valence-corrected chi connectivity index (χ3v) is 3.63. The Balaban J connectivity index is 1.87. The highest BCUT2D eigenvalue weighted by Crippen LogP contribution is 2.36. The Morgan fingerprint density at radius 3 is 2.72 bits per heavy atom. The van der Waals surface area contributed by atoms with Crippen LogP contribution < -0.4 is 0 Å². The van der Waals surface area contributed by atoms with Gasteiger partial charge in [-0.05, 0) is 53.5 Å². The minimum absolute atomic E-state index is 0.761. The Kier molecular flexibility index (Phi) is 2.90. The molecule has 0 atom stereocenters. The van der Waals surface area contributed by atoms with Gasteiger partial charge in [-0.3, -0.25) is 0 Å². The monoisotopic (exact) mass is 231 g/mol. The number of fused-ring (bicyclic) bond motifs is 3. The van der Waals surface area contributed by atoms with Crippen molar-refractivity contribution in [2.45, 2.75) is 25.7 Å². The first-order valence-electron chi connectivity index (χ1n) is 6.48. The van der Waals surface area contributed by atoms with Gasteiger partial charge in [0.2, 0.25) is 0 Å². The van der Waals surface area contributed by atoms with Gasteiger partial charge in [-0.15, -0.1) is 0 Å². The Morgan fingerprint density at radius 2 is 1.83 bits per heavy atom. The van der Waals surface area contributed by atoms with Gasteiger partial charge in [-0.25, -0.2) is 0 Å². The number of hydrogen-bond acceptors (Lipinski definition) is 0. The molecule has 0 N–H and O–H groups in total. The molecule has 3 rings (SSSR count). The van der Waals surface area contributed by atoms with Gasteiger partial charge in [-0.2, -0.15) is 0 Å². The molecule has 0 heteroatoms. The third kappa shape index (κ3) is 1.93.